The topological polar surface area (TPSA) is 64.6 Å². The number of sulfonamides is 1. The highest BCUT2D eigenvalue weighted by atomic mass is 32.2. The third kappa shape index (κ3) is 4.40. The van der Waals surface area contributed by atoms with Crippen LogP contribution in [0.15, 0.2) is 35.2 Å². The molecule has 0 saturated carbocycles. The molecule has 0 radical (unpaired) electrons. The van der Waals surface area contributed by atoms with Gasteiger partial charge in [-0.05, 0) is 55.7 Å². The van der Waals surface area contributed by atoms with E-state index < -0.39 is 22.1 Å². The van der Waals surface area contributed by atoms with E-state index in [1.54, 1.807) is 26.8 Å². The van der Waals surface area contributed by atoms with Crippen molar-refractivity contribution in [2.75, 3.05) is 11.8 Å². The maximum absolute atomic E-state index is 12.6. The Kier molecular flexibility index (Phi) is 5.41. The van der Waals surface area contributed by atoms with E-state index in [1.165, 1.54) is 19.2 Å². The quantitative estimate of drug-likeness (QED) is 0.827. The van der Waals surface area contributed by atoms with Gasteiger partial charge in [0.25, 0.3) is 10.0 Å². The van der Waals surface area contributed by atoms with Crippen molar-refractivity contribution in [2.24, 2.45) is 0 Å². The Balaban J connectivity index is 2.42. The van der Waals surface area contributed by atoms with Crippen LogP contribution in [0.1, 0.15) is 16.7 Å². The lowest BCUT2D eigenvalue weighted by Gasteiger charge is -2.18. The minimum Gasteiger partial charge on any atom is -0.496 e. The Morgan fingerprint density at radius 1 is 1.04 bits per heavy atom. The molecule has 9 heteroatoms. The Morgan fingerprint density at radius 2 is 1.69 bits per heavy atom. The van der Waals surface area contributed by atoms with Gasteiger partial charge in [0.05, 0.1) is 17.7 Å². The van der Waals surface area contributed by atoms with Gasteiger partial charge in [-0.15, -0.1) is 13.2 Å². The predicted molar refractivity (Wildman–Crippen MR) is 91.1 cm³/mol. The molecule has 0 fully saturated rings. The van der Waals surface area contributed by atoms with Gasteiger partial charge in [-0.3, -0.25) is 4.72 Å². The molecule has 0 spiro atoms. The summed E-state index contributed by atoms with van der Waals surface area (Å²) < 4.78 is 73.7. The average molecular weight is 389 g/mol. The van der Waals surface area contributed by atoms with Gasteiger partial charge in [0.15, 0.2) is 0 Å². The van der Waals surface area contributed by atoms with Crippen LogP contribution in [0.2, 0.25) is 0 Å². The van der Waals surface area contributed by atoms with E-state index in [1.807, 2.05) is 0 Å². The SMILES string of the molecule is COc1cc(C)c(NS(=O)(=O)c2cccc(OC(F)(F)F)c2)c(C)c1C. The van der Waals surface area contributed by atoms with Crippen molar-refractivity contribution in [3.05, 3.63) is 47.0 Å². The highest BCUT2D eigenvalue weighted by Gasteiger charge is 2.31. The number of alkyl halides is 3. The lowest BCUT2D eigenvalue weighted by atomic mass is 10.0. The van der Waals surface area contributed by atoms with Crippen molar-refractivity contribution in [1.29, 1.82) is 0 Å². The Labute approximate surface area is 149 Å². The van der Waals surface area contributed by atoms with Crippen LogP contribution in [0.25, 0.3) is 0 Å². The average Bonchev–Trinajstić information content (AvgIpc) is 2.53. The fourth-order valence-electron chi connectivity index (χ4n) is 2.45. The first-order chi connectivity index (χ1) is 11.9. The number of benzene rings is 2. The van der Waals surface area contributed by atoms with Gasteiger partial charge in [-0.2, -0.15) is 0 Å². The first-order valence-corrected chi connectivity index (χ1v) is 8.96. The Hall–Kier alpha value is -2.42. The molecule has 0 amide bonds. The van der Waals surface area contributed by atoms with Crippen LogP contribution in [0.4, 0.5) is 18.9 Å². The van der Waals surface area contributed by atoms with Crippen molar-refractivity contribution in [3.63, 3.8) is 0 Å². The molecule has 0 atom stereocenters. The van der Waals surface area contributed by atoms with Gasteiger partial charge < -0.3 is 9.47 Å². The van der Waals surface area contributed by atoms with E-state index in [4.69, 9.17) is 4.74 Å². The Morgan fingerprint density at radius 3 is 2.27 bits per heavy atom. The Bertz CT molecular complexity index is 924. The molecule has 2 rings (SSSR count). The number of hydrogen-bond donors (Lipinski definition) is 1. The molecular formula is C17H18F3NO4S. The number of ether oxygens (including phenoxy) is 2. The zero-order chi connectivity index (χ0) is 19.7. The summed E-state index contributed by atoms with van der Waals surface area (Å²) in [5, 5.41) is 0. The summed E-state index contributed by atoms with van der Waals surface area (Å²) in [6, 6.07) is 5.89. The van der Waals surface area contributed by atoms with E-state index in [-0.39, 0.29) is 4.90 Å². The molecule has 0 saturated heterocycles. The second-order valence-corrected chi connectivity index (χ2v) is 7.33. The van der Waals surface area contributed by atoms with Crippen LogP contribution in [0.5, 0.6) is 11.5 Å². The van der Waals surface area contributed by atoms with E-state index in [0.717, 1.165) is 17.7 Å². The highest BCUT2D eigenvalue weighted by molar-refractivity contribution is 7.92. The first-order valence-electron chi connectivity index (χ1n) is 7.48. The summed E-state index contributed by atoms with van der Waals surface area (Å²) >= 11 is 0. The van der Waals surface area contributed by atoms with Gasteiger partial charge >= 0.3 is 6.36 Å². The minimum absolute atomic E-state index is 0.341. The van der Waals surface area contributed by atoms with Crippen LogP contribution in [-0.4, -0.2) is 21.9 Å². The maximum Gasteiger partial charge on any atom is 0.573 e. The van der Waals surface area contributed by atoms with Crippen molar-refractivity contribution in [3.8, 4) is 11.5 Å². The summed E-state index contributed by atoms with van der Waals surface area (Å²) in [6.45, 7) is 5.21. The maximum atomic E-state index is 12.6. The summed E-state index contributed by atoms with van der Waals surface area (Å²) in [6.07, 6.45) is -4.91. The molecule has 0 aliphatic carbocycles. The zero-order valence-electron chi connectivity index (χ0n) is 14.6. The number of anilines is 1. The van der Waals surface area contributed by atoms with Gasteiger partial charge in [0.1, 0.15) is 11.5 Å². The van der Waals surface area contributed by atoms with Crippen molar-refractivity contribution >= 4 is 15.7 Å². The molecule has 5 nitrogen and oxygen atoms in total. The molecule has 142 valence electrons. The highest BCUT2D eigenvalue weighted by Crippen LogP contribution is 2.33. The van der Waals surface area contributed by atoms with Gasteiger partial charge in [-0.25, -0.2) is 8.42 Å². The zero-order valence-corrected chi connectivity index (χ0v) is 15.4. The summed E-state index contributed by atoms with van der Waals surface area (Å²) in [7, 11) is -2.60. The lowest BCUT2D eigenvalue weighted by molar-refractivity contribution is -0.274. The molecule has 2 aromatic rings. The van der Waals surface area contributed by atoms with Crippen molar-refractivity contribution in [1.82, 2.24) is 0 Å². The molecule has 0 unspecified atom stereocenters. The molecule has 0 aliphatic rings. The van der Waals surface area contributed by atoms with Crippen LogP contribution in [0.3, 0.4) is 0 Å². The fraction of sp³-hybridized carbons (Fsp3) is 0.294. The number of hydrogen-bond acceptors (Lipinski definition) is 4. The van der Waals surface area contributed by atoms with E-state index >= 15 is 0 Å². The lowest BCUT2D eigenvalue weighted by Crippen LogP contribution is -2.18. The normalized spacial score (nSPS) is 12.0. The predicted octanol–water partition coefficient (Wildman–Crippen LogP) is 4.32. The van der Waals surface area contributed by atoms with E-state index in [9.17, 15) is 21.6 Å². The van der Waals surface area contributed by atoms with E-state index in [0.29, 0.717) is 22.6 Å². The van der Waals surface area contributed by atoms with Crippen LogP contribution < -0.4 is 14.2 Å². The monoisotopic (exact) mass is 389 g/mol. The number of rotatable bonds is 5. The number of methoxy groups -OCH3 is 1. The molecule has 0 heterocycles. The standard InChI is InChI=1S/C17H18F3NO4S/c1-10-8-15(24-4)11(2)12(3)16(10)21-26(22,23)14-7-5-6-13(9-14)25-17(18,19)20/h5-9,21H,1-4H3. The third-order valence-electron chi connectivity index (χ3n) is 3.85. The van der Waals surface area contributed by atoms with Crippen LogP contribution in [0, 0.1) is 20.8 Å². The third-order valence-corrected chi connectivity index (χ3v) is 5.20. The summed E-state index contributed by atoms with van der Waals surface area (Å²) in [5.41, 5.74) is 2.39. The number of halogens is 3. The minimum atomic E-state index is -4.91. The van der Waals surface area contributed by atoms with E-state index in [2.05, 4.69) is 9.46 Å². The first kappa shape index (κ1) is 19.9. The molecular weight excluding hydrogens is 371 g/mol. The fourth-order valence-corrected chi connectivity index (χ4v) is 3.68. The van der Waals surface area contributed by atoms with Crippen LogP contribution in [-0.2, 0) is 10.0 Å². The summed E-state index contributed by atoms with van der Waals surface area (Å²) in [5.74, 6) is 0.00301. The molecule has 0 aromatic heterocycles. The smallest absolute Gasteiger partial charge is 0.496 e. The summed E-state index contributed by atoms with van der Waals surface area (Å²) in [4.78, 5) is -0.341. The molecule has 0 aliphatic heterocycles. The number of aryl methyl sites for hydroxylation is 1. The second-order valence-electron chi connectivity index (χ2n) is 5.65. The van der Waals surface area contributed by atoms with Gasteiger partial charge in [0.2, 0.25) is 0 Å². The van der Waals surface area contributed by atoms with Crippen molar-refractivity contribution in [2.45, 2.75) is 32.0 Å². The van der Waals surface area contributed by atoms with Gasteiger partial charge in [-0.1, -0.05) is 6.07 Å². The molecule has 26 heavy (non-hydrogen) atoms. The largest absolute Gasteiger partial charge is 0.573 e. The van der Waals surface area contributed by atoms with Crippen molar-refractivity contribution < 1.29 is 31.1 Å². The molecule has 1 N–H and O–H groups in total. The van der Waals surface area contributed by atoms with Gasteiger partial charge in [0, 0.05) is 6.07 Å². The second kappa shape index (κ2) is 7.06. The van der Waals surface area contributed by atoms with Crippen LogP contribution >= 0.6 is 0 Å². The number of nitrogens with one attached hydrogen (secondary N) is 1. The molecule has 0 bridgehead atoms. The molecule has 2 aromatic carbocycles.